The van der Waals surface area contributed by atoms with Crippen molar-refractivity contribution in [3.05, 3.63) is 52.1 Å². The summed E-state index contributed by atoms with van der Waals surface area (Å²) in [7, 11) is 0. The Hall–Kier alpha value is -1.76. The first-order valence-corrected chi connectivity index (χ1v) is 22.4. The van der Waals surface area contributed by atoms with Crippen molar-refractivity contribution in [2.75, 3.05) is 33.1 Å². The maximum atomic E-state index is 11.9. The number of hydrogen-bond acceptors (Lipinski definition) is 13. The van der Waals surface area contributed by atoms with E-state index in [1.807, 2.05) is 0 Å². The van der Waals surface area contributed by atoms with Gasteiger partial charge < -0.3 is 41.2 Å². The minimum absolute atomic E-state index is 0.0180. The average Bonchev–Trinajstić information content (AvgIpc) is 3.00. The molecule has 2 rings (SSSR count). The number of carbonyl (C=O) groups excluding carboxylic acids is 3. The molecule has 48 heavy (non-hydrogen) atoms. The molecule has 16 heteroatoms. The standard InChI is InChI=1S/C17H31O4PS.C8H5NO4.C7H18NO2PS/c1-22(19,23)20-15-11-7-3-6-10-14-17(18)21-16-12-8-4-2-5-9-13-16;10-5-8(11)6-1-3-7(4-2-6)9(12)13;1-11(9,12)10-7-5-3-2-4-6-8/h2,4,16H,3,5-15H2,1H3,(H,19,23);1-5H;2-8H2,1H3,(H,9,12)/p-2/b4-2+;;/i;5T;. The lowest BCUT2D eigenvalue weighted by atomic mass is 10.0. The van der Waals surface area contributed by atoms with Gasteiger partial charge in [0.05, 0.1) is 24.7 Å². The lowest BCUT2D eigenvalue weighted by Crippen LogP contribution is -2.18. The predicted molar refractivity (Wildman–Crippen MR) is 194 cm³/mol. The second-order valence-electron chi connectivity index (χ2n) is 11.3. The molecule has 1 aromatic carbocycles. The number of nitrogens with two attached hydrogens (primary N) is 1. The number of nitro groups is 1. The molecule has 274 valence electrons. The Labute approximate surface area is 297 Å². The zero-order valence-electron chi connectivity index (χ0n) is 29.1. The third-order valence-corrected chi connectivity index (χ3v) is 8.66. The number of Topliss-reactive ketones (excluding diaryl/α,β-unsaturated/α-hetero) is 1. The van der Waals surface area contributed by atoms with Crippen LogP contribution >= 0.6 is 13.1 Å². The number of non-ortho nitro benzene ring substituents is 1. The van der Waals surface area contributed by atoms with Gasteiger partial charge in [0.1, 0.15) is 7.47 Å². The number of carbonyl (C=O) groups is 3. The quantitative estimate of drug-likeness (QED) is 0.0138. The van der Waals surface area contributed by atoms with Crippen molar-refractivity contribution >= 4 is 60.8 Å². The molecule has 2 N–H and O–H groups in total. The van der Waals surface area contributed by atoms with E-state index in [0.29, 0.717) is 19.6 Å². The fraction of sp³-hybridized carbons (Fsp3) is 0.656. The summed E-state index contributed by atoms with van der Waals surface area (Å²) in [6.07, 6.45) is 17.8. The van der Waals surface area contributed by atoms with Crippen LogP contribution in [0.15, 0.2) is 36.4 Å². The van der Waals surface area contributed by atoms with Gasteiger partial charge in [-0.1, -0.05) is 56.1 Å². The third kappa shape index (κ3) is 29.2. The largest absolute Gasteiger partial charge is 0.801 e. The summed E-state index contributed by atoms with van der Waals surface area (Å²) in [6.45, 7) is -0.762. The minimum atomic E-state index is -2.75. The van der Waals surface area contributed by atoms with E-state index in [0.717, 1.165) is 121 Å². The Balaban J connectivity index is 0.000000759. The van der Waals surface area contributed by atoms with Gasteiger partial charge in [-0.3, -0.25) is 24.5 Å². The Morgan fingerprint density at radius 1 is 1.00 bits per heavy atom. The van der Waals surface area contributed by atoms with E-state index in [4.69, 9.17) is 32.7 Å². The molecular weight excluding hydrogens is 698 g/mol. The van der Waals surface area contributed by atoms with Crippen LogP contribution in [0, 0.1) is 10.1 Å². The SMILES string of the molecule is CP(=O)([S-])OCCCCCCN.CP([O-])(=S)OCCCCCCCC(=O)OC1CC/C=C/CCC1.[3H]C(=O)C(=O)c1ccc([N+](=O)[O-])cc1. The molecule has 1 aliphatic carbocycles. The molecule has 3 unspecified atom stereocenters. The Morgan fingerprint density at radius 2 is 1.56 bits per heavy atom. The van der Waals surface area contributed by atoms with E-state index < -0.39 is 30.0 Å². The van der Waals surface area contributed by atoms with Crippen LogP contribution in [0.25, 0.3) is 0 Å². The summed E-state index contributed by atoms with van der Waals surface area (Å²) in [4.78, 5) is 53.9. The summed E-state index contributed by atoms with van der Waals surface area (Å²) in [5, 5.41) is 10.2. The van der Waals surface area contributed by atoms with Crippen LogP contribution in [0.3, 0.4) is 0 Å². The van der Waals surface area contributed by atoms with E-state index in [2.05, 4.69) is 24.4 Å². The first-order valence-electron chi connectivity index (χ1n) is 16.8. The van der Waals surface area contributed by atoms with Gasteiger partial charge in [0.25, 0.3) is 5.69 Å². The van der Waals surface area contributed by atoms with E-state index in [-0.39, 0.29) is 23.3 Å². The van der Waals surface area contributed by atoms with Crippen LogP contribution < -0.4 is 10.6 Å². The van der Waals surface area contributed by atoms with Crippen LogP contribution in [0.1, 0.15) is 108 Å². The fourth-order valence-corrected chi connectivity index (χ4v) is 5.61. The number of nitro benzene ring substituents is 1. The van der Waals surface area contributed by atoms with Crippen LogP contribution in [-0.4, -0.2) is 62.1 Å². The number of ether oxygens (including phenoxy) is 1. The molecule has 0 saturated carbocycles. The third-order valence-electron chi connectivity index (χ3n) is 6.73. The highest BCUT2D eigenvalue weighted by Crippen LogP contribution is 2.39. The number of ketones is 1. The zero-order valence-corrected chi connectivity index (χ0v) is 31.5. The fourth-order valence-electron chi connectivity index (χ4n) is 4.24. The molecule has 1 aromatic rings. The predicted octanol–water partition coefficient (Wildman–Crippen LogP) is 6.94. The zero-order chi connectivity index (χ0) is 37.1. The summed E-state index contributed by atoms with van der Waals surface area (Å²) < 4.78 is 33.0. The molecule has 0 amide bonds. The number of esters is 1. The van der Waals surface area contributed by atoms with E-state index in [9.17, 15) is 34.0 Å². The minimum Gasteiger partial charge on any atom is -0.801 e. The van der Waals surface area contributed by atoms with Crippen molar-refractivity contribution < 1.29 is 43.9 Å². The highest BCUT2D eigenvalue weighted by molar-refractivity contribution is 8.34. The van der Waals surface area contributed by atoms with Gasteiger partial charge in [0.15, 0.2) is 6.26 Å². The molecule has 12 nitrogen and oxygen atoms in total. The normalized spacial score (nSPS) is 17.6. The van der Waals surface area contributed by atoms with Gasteiger partial charge in [-0.05, 0) is 96.3 Å². The first kappa shape index (κ1) is 44.3. The lowest BCUT2D eigenvalue weighted by molar-refractivity contribution is -0.384. The number of hydrogen-bond donors (Lipinski definition) is 1. The van der Waals surface area contributed by atoms with Crippen molar-refractivity contribution in [1.82, 2.24) is 0 Å². The van der Waals surface area contributed by atoms with Gasteiger partial charge in [0, 0.05) is 24.1 Å². The van der Waals surface area contributed by atoms with Gasteiger partial charge in [-0.15, -0.1) is 0 Å². The summed E-state index contributed by atoms with van der Waals surface area (Å²) in [5.41, 5.74) is 5.13. The van der Waals surface area contributed by atoms with Crippen molar-refractivity contribution in [2.24, 2.45) is 5.73 Å². The summed E-state index contributed by atoms with van der Waals surface area (Å²) in [5.74, 6) is -1.03. The number of nitrogens with zero attached hydrogens (tertiary/aromatic N) is 1. The first-order chi connectivity index (χ1) is 23.1. The summed E-state index contributed by atoms with van der Waals surface area (Å²) in [6, 6.07) is 4.51. The van der Waals surface area contributed by atoms with Crippen molar-refractivity contribution in [3.8, 4) is 0 Å². The number of benzene rings is 1. The summed E-state index contributed by atoms with van der Waals surface area (Å²) >= 11 is 9.29. The smallest absolute Gasteiger partial charge is 0.306 e. The van der Waals surface area contributed by atoms with E-state index in [1.165, 1.54) is 13.3 Å². The van der Waals surface area contributed by atoms with Crippen LogP contribution in [-0.2, 0) is 52.0 Å². The molecule has 0 radical (unpaired) electrons. The second kappa shape index (κ2) is 28.0. The van der Waals surface area contributed by atoms with Crippen molar-refractivity contribution in [3.63, 3.8) is 0 Å². The maximum absolute atomic E-state index is 11.9. The molecule has 0 bridgehead atoms. The molecule has 0 aromatic heterocycles. The lowest BCUT2D eigenvalue weighted by Gasteiger charge is -2.22. The van der Waals surface area contributed by atoms with Gasteiger partial charge in [-0.2, -0.15) is 0 Å². The highest BCUT2D eigenvalue weighted by atomic mass is 32.7. The number of rotatable bonds is 20. The molecule has 1 aliphatic rings. The molecule has 0 heterocycles. The average molecular weight is 753 g/mol. The van der Waals surface area contributed by atoms with Crippen LogP contribution in [0.5, 0.6) is 0 Å². The van der Waals surface area contributed by atoms with Crippen LogP contribution in [0.2, 0.25) is 0 Å². The van der Waals surface area contributed by atoms with Gasteiger partial charge in [-0.25, -0.2) is 0 Å². The number of allylic oxidation sites excluding steroid dienone is 2. The highest BCUT2D eigenvalue weighted by Gasteiger charge is 2.14. The Kier molecular flexibility index (Phi) is 25.8. The number of unbranched alkanes of at least 4 members (excludes halogenated alkanes) is 7. The van der Waals surface area contributed by atoms with Crippen LogP contribution in [0.4, 0.5) is 5.69 Å². The molecule has 3 atom stereocenters. The van der Waals surface area contributed by atoms with E-state index >= 15 is 0 Å². The maximum Gasteiger partial charge on any atom is 0.306 e. The molecule has 0 aliphatic heterocycles. The Bertz CT molecular complexity index is 1240. The monoisotopic (exact) mass is 752 g/mol. The molecular formula is C32H52N2O10P2S2-2. The van der Waals surface area contributed by atoms with Crippen molar-refractivity contribution in [1.29, 1.82) is 0 Å². The molecule has 0 fully saturated rings. The van der Waals surface area contributed by atoms with Gasteiger partial charge in [0.2, 0.25) is 5.78 Å². The Morgan fingerprint density at radius 3 is 2.12 bits per heavy atom. The number of aldehydes is 1. The molecule has 0 saturated heterocycles. The second-order valence-corrected chi connectivity index (χ2v) is 18.8. The van der Waals surface area contributed by atoms with E-state index in [1.54, 1.807) is 0 Å². The van der Waals surface area contributed by atoms with Gasteiger partial charge >= 0.3 is 5.97 Å². The topological polar surface area (TPSA) is 188 Å². The van der Waals surface area contributed by atoms with Crippen molar-refractivity contribution in [2.45, 2.75) is 102 Å². The molecule has 0 spiro atoms.